The predicted molar refractivity (Wildman–Crippen MR) is 101 cm³/mol. The summed E-state index contributed by atoms with van der Waals surface area (Å²) in [5.41, 5.74) is 2.29. The van der Waals surface area contributed by atoms with Gasteiger partial charge in [-0.15, -0.1) is 0 Å². The van der Waals surface area contributed by atoms with Gasteiger partial charge >= 0.3 is 0 Å². The van der Waals surface area contributed by atoms with Gasteiger partial charge in [0.2, 0.25) is 5.91 Å². The maximum absolute atomic E-state index is 12.5. The topological polar surface area (TPSA) is 80.1 Å². The number of aromatic nitrogens is 3. The van der Waals surface area contributed by atoms with E-state index in [4.69, 9.17) is 0 Å². The number of amides is 2. The lowest BCUT2D eigenvalue weighted by Gasteiger charge is -2.15. The maximum Gasteiger partial charge on any atom is 0.251 e. The summed E-state index contributed by atoms with van der Waals surface area (Å²) < 4.78 is 1.71. The standard InChI is InChI=1S/C20H19N5O2/c26-19-6-2-10-24(19)18-12-15(7-9-21-18)14-22-20(27)16-4-1-5-17(13-16)25-11-3-8-23-25/h1,3-5,7-9,11-13H,2,6,10,14H2,(H,22,27). The predicted octanol–water partition coefficient (Wildman–Crippen LogP) is 2.32. The maximum atomic E-state index is 12.5. The molecular weight excluding hydrogens is 342 g/mol. The molecule has 1 N–H and O–H groups in total. The quantitative estimate of drug-likeness (QED) is 0.756. The number of carbonyl (C=O) groups excluding carboxylic acids is 2. The molecule has 1 aromatic carbocycles. The number of rotatable bonds is 5. The molecule has 3 aromatic rings. The molecule has 4 rings (SSSR count). The van der Waals surface area contributed by atoms with Crippen LogP contribution in [0.1, 0.15) is 28.8 Å². The molecule has 1 saturated heterocycles. The molecule has 0 bridgehead atoms. The fourth-order valence-electron chi connectivity index (χ4n) is 3.10. The molecule has 0 radical (unpaired) electrons. The van der Waals surface area contributed by atoms with Gasteiger partial charge in [0.25, 0.3) is 5.91 Å². The van der Waals surface area contributed by atoms with Crippen molar-refractivity contribution in [2.24, 2.45) is 0 Å². The zero-order valence-corrected chi connectivity index (χ0v) is 14.7. The lowest BCUT2D eigenvalue weighted by Crippen LogP contribution is -2.26. The zero-order chi connectivity index (χ0) is 18.6. The second-order valence-electron chi connectivity index (χ2n) is 6.35. The molecule has 0 saturated carbocycles. The zero-order valence-electron chi connectivity index (χ0n) is 14.7. The number of carbonyl (C=O) groups is 2. The van der Waals surface area contributed by atoms with Crippen LogP contribution in [-0.4, -0.2) is 33.1 Å². The Balaban J connectivity index is 1.44. The highest BCUT2D eigenvalue weighted by Crippen LogP contribution is 2.19. The average Bonchev–Trinajstić information content (AvgIpc) is 3.38. The number of nitrogens with one attached hydrogen (secondary N) is 1. The summed E-state index contributed by atoms with van der Waals surface area (Å²) in [5.74, 6) is 0.573. The van der Waals surface area contributed by atoms with Gasteiger partial charge in [-0.05, 0) is 48.4 Å². The Morgan fingerprint density at radius 1 is 1.15 bits per heavy atom. The normalized spacial score (nSPS) is 13.8. The van der Waals surface area contributed by atoms with Gasteiger partial charge < -0.3 is 5.32 Å². The summed E-state index contributed by atoms with van der Waals surface area (Å²) in [7, 11) is 0. The van der Waals surface area contributed by atoms with Crippen LogP contribution in [0, 0.1) is 0 Å². The molecule has 0 unspecified atom stereocenters. The molecule has 2 amide bonds. The van der Waals surface area contributed by atoms with E-state index < -0.39 is 0 Å². The minimum absolute atomic E-state index is 0.0964. The van der Waals surface area contributed by atoms with E-state index in [2.05, 4.69) is 15.4 Å². The van der Waals surface area contributed by atoms with Gasteiger partial charge in [0.15, 0.2) is 0 Å². The van der Waals surface area contributed by atoms with Crippen LogP contribution >= 0.6 is 0 Å². The average molecular weight is 361 g/mol. The molecule has 2 aromatic heterocycles. The van der Waals surface area contributed by atoms with Crippen LogP contribution < -0.4 is 10.2 Å². The Hall–Kier alpha value is -3.48. The molecule has 0 aliphatic carbocycles. The summed E-state index contributed by atoms with van der Waals surface area (Å²) in [6, 6.07) is 12.8. The molecule has 1 aliphatic rings. The summed E-state index contributed by atoms with van der Waals surface area (Å²) in [6.45, 7) is 1.06. The van der Waals surface area contributed by atoms with Crippen molar-refractivity contribution in [3.63, 3.8) is 0 Å². The fraction of sp³-hybridized carbons (Fsp3) is 0.200. The summed E-state index contributed by atoms with van der Waals surface area (Å²) >= 11 is 0. The van der Waals surface area contributed by atoms with Gasteiger partial charge in [0.1, 0.15) is 5.82 Å². The minimum atomic E-state index is -0.167. The van der Waals surface area contributed by atoms with Crippen molar-refractivity contribution in [2.45, 2.75) is 19.4 Å². The van der Waals surface area contributed by atoms with Crippen LogP contribution in [0.3, 0.4) is 0 Å². The Morgan fingerprint density at radius 3 is 2.85 bits per heavy atom. The van der Waals surface area contributed by atoms with Crippen LogP contribution in [0.5, 0.6) is 0 Å². The van der Waals surface area contributed by atoms with Gasteiger partial charge in [-0.2, -0.15) is 5.10 Å². The van der Waals surface area contributed by atoms with Crippen LogP contribution in [-0.2, 0) is 11.3 Å². The number of hydrogen-bond donors (Lipinski definition) is 1. The van der Waals surface area contributed by atoms with Crippen molar-refractivity contribution in [1.82, 2.24) is 20.1 Å². The van der Waals surface area contributed by atoms with Crippen LogP contribution in [0.4, 0.5) is 5.82 Å². The number of benzene rings is 1. The monoisotopic (exact) mass is 361 g/mol. The number of pyridine rings is 1. The minimum Gasteiger partial charge on any atom is -0.348 e. The van der Waals surface area contributed by atoms with E-state index in [1.807, 2.05) is 36.5 Å². The van der Waals surface area contributed by atoms with Gasteiger partial charge in [-0.3, -0.25) is 14.5 Å². The molecule has 0 spiro atoms. The lowest BCUT2D eigenvalue weighted by molar-refractivity contribution is -0.117. The van der Waals surface area contributed by atoms with E-state index in [-0.39, 0.29) is 11.8 Å². The first kappa shape index (κ1) is 17.0. The summed E-state index contributed by atoms with van der Waals surface area (Å²) in [6.07, 6.45) is 6.61. The highest BCUT2D eigenvalue weighted by Gasteiger charge is 2.22. The fourth-order valence-corrected chi connectivity index (χ4v) is 3.10. The van der Waals surface area contributed by atoms with Crippen molar-refractivity contribution in [3.05, 3.63) is 72.2 Å². The molecule has 7 heteroatoms. The highest BCUT2D eigenvalue weighted by atomic mass is 16.2. The third-order valence-electron chi connectivity index (χ3n) is 4.49. The van der Waals surface area contributed by atoms with Crippen molar-refractivity contribution < 1.29 is 9.59 Å². The van der Waals surface area contributed by atoms with Crippen LogP contribution in [0.25, 0.3) is 5.69 Å². The highest BCUT2D eigenvalue weighted by molar-refractivity contribution is 5.95. The molecule has 7 nitrogen and oxygen atoms in total. The van der Waals surface area contributed by atoms with Gasteiger partial charge in [0.05, 0.1) is 5.69 Å². The van der Waals surface area contributed by atoms with Crippen LogP contribution in [0.15, 0.2) is 61.1 Å². The third-order valence-corrected chi connectivity index (χ3v) is 4.49. The Kier molecular flexibility index (Phi) is 4.65. The molecular formula is C20H19N5O2. The van der Waals surface area contributed by atoms with Crippen molar-refractivity contribution in [2.75, 3.05) is 11.4 Å². The molecule has 1 aliphatic heterocycles. The Morgan fingerprint density at radius 2 is 2.07 bits per heavy atom. The first-order valence-electron chi connectivity index (χ1n) is 8.84. The van der Waals surface area contributed by atoms with Crippen molar-refractivity contribution in [1.29, 1.82) is 0 Å². The van der Waals surface area contributed by atoms with E-state index in [1.54, 1.807) is 34.1 Å². The Labute approximate surface area is 156 Å². The van der Waals surface area contributed by atoms with E-state index in [1.165, 1.54) is 0 Å². The third kappa shape index (κ3) is 3.72. The van der Waals surface area contributed by atoms with Gasteiger partial charge in [-0.25, -0.2) is 9.67 Å². The summed E-state index contributed by atoms with van der Waals surface area (Å²) in [4.78, 5) is 30.4. The molecule has 1 fully saturated rings. The molecule has 136 valence electrons. The second-order valence-corrected chi connectivity index (χ2v) is 6.35. The second kappa shape index (κ2) is 7.41. The molecule has 0 atom stereocenters. The largest absolute Gasteiger partial charge is 0.348 e. The van der Waals surface area contributed by atoms with Crippen molar-refractivity contribution in [3.8, 4) is 5.69 Å². The smallest absolute Gasteiger partial charge is 0.251 e. The van der Waals surface area contributed by atoms with E-state index in [0.29, 0.717) is 30.9 Å². The van der Waals surface area contributed by atoms with Gasteiger partial charge in [-0.1, -0.05) is 6.07 Å². The molecule has 3 heterocycles. The Bertz CT molecular complexity index is 968. The first-order valence-corrected chi connectivity index (χ1v) is 8.84. The lowest BCUT2D eigenvalue weighted by atomic mass is 10.2. The number of nitrogens with zero attached hydrogens (tertiary/aromatic N) is 4. The van der Waals surface area contributed by atoms with Crippen molar-refractivity contribution >= 4 is 17.6 Å². The number of anilines is 1. The van der Waals surface area contributed by atoms with E-state index in [0.717, 1.165) is 17.7 Å². The van der Waals surface area contributed by atoms with E-state index in [9.17, 15) is 9.59 Å². The number of hydrogen-bond acceptors (Lipinski definition) is 4. The SMILES string of the molecule is O=C(NCc1ccnc(N2CCCC2=O)c1)c1cccc(-n2cccn2)c1. The first-order chi connectivity index (χ1) is 13.2. The van der Waals surface area contributed by atoms with E-state index >= 15 is 0 Å². The summed E-state index contributed by atoms with van der Waals surface area (Å²) in [5, 5.41) is 7.10. The van der Waals surface area contributed by atoms with Crippen LogP contribution in [0.2, 0.25) is 0 Å². The molecule has 27 heavy (non-hydrogen) atoms. The van der Waals surface area contributed by atoms with Gasteiger partial charge in [0, 0.05) is 43.7 Å².